The fourth-order valence-electron chi connectivity index (χ4n) is 2.64. The number of likely N-dealkylation sites (tertiary alicyclic amines) is 1. The standard InChI is InChI=1S/C15H17N3O2/c1-18-14(19)6-5-13(15(18)20)17-9-10-3-2-4-12-11(10)7-8-16-12/h2-4,7-8,13,16-17H,5-6,9H2,1H3. The molecule has 2 heterocycles. The van der Waals surface area contributed by atoms with Gasteiger partial charge in [-0.05, 0) is 24.1 Å². The fraction of sp³-hybridized carbons (Fsp3) is 0.333. The van der Waals surface area contributed by atoms with Crippen LogP contribution in [0.15, 0.2) is 30.5 Å². The zero-order valence-electron chi connectivity index (χ0n) is 11.3. The minimum absolute atomic E-state index is 0.0965. The first-order valence-corrected chi connectivity index (χ1v) is 6.75. The Labute approximate surface area is 117 Å². The van der Waals surface area contributed by atoms with Crippen LogP contribution in [0.25, 0.3) is 10.9 Å². The van der Waals surface area contributed by atoms with Crippen molar-refractivity contribution in [2.75, 3.05) is 7.05 Å². The number of nitrogens with zero attached hydrogens (tertiary/aromatic N) is 1. The largest absolute Gasteiger partial charge is 0.361 e. The first-order valence-electron chi connectivity index (χ1n) is 6.75. The van der Waals surface area contributed by atoms with Gasteiger partial charge in [0.1, 0.15) is 0 Å². The maximum atomic E-state index is 12.0. The van der Waals surface area contributed by atoms with Crippen LogP contribution in [-0.4, -0.2) is 34.8 Å². The molecule has 2 amide bonds. The Morgan fingerprint density at radius 3 is 3.05 bits per heavy atom. The second kappa shape index (κ2) is 5.09. The van der Waals surface area contributed by atoms with Crippen LogP contribution in [0.3, 0.4) is 0 Å². The third-order valence-corrected chi connectivity index (χ3v) is 3.87. The number of aromatic nitrogens is 1. The lowest BCUT2D eigenvalue weighted by Crippen LogP contribution is -2.51. The molecular formula is C15H17N3O2. The van der Waals surface area contributed by atoms with Gasteiger partial charge in [-0.1, -0.05) is 12.1 Å². The van der Waals surface area contributed by atoms with E-state index in [0.717, 1.165) is 16.5 Å². The molecule has 5 heteroatoms. The number of imide groups is 1. The van der Waals surface area contributed by atoms with Crippen molar-refractivity contribution < 1.29 is 9.59 Å². The predicted octanol–water partition coefficient (Wildman–Crippen LogP) is 1.40. The van der Waals surface area contributed by atoms with Gasteiger partial charge in [-0.2, -0.15) is 0 Å². The van der Waals surface area contributed by atoms with Crippen molar-refractivity contribution in [3.63, 3.8) is 0 Å². The number of aromatic amines is 1. The molecule has 1 fully saturated rings. The zero-order valence-corrected chi connectivity index (χ0v) is 11.3. The number of nitrogens with one attached hydrogen (secondary N) is 2. The van der Waals surface area contributed by atoms with Gasteiger partial charge in [-0.25, -0.2) is 0 Å². The van der Waals surface area contributed by atoms with Crippen molar-refractivity contribution in [1.29, 1.82) is 0 Å². The minimum atomic E-state index is -0.271. The van der Waals surface area contributed by atoms with Gasteiger partial charge in [-0.15, -0.1) is 0 Å². The van der Waals surface area contributed by atoms with E-state index in [1.807, 2.05) is 30.5 Å². The Morgan fingerprint density at radius 2 is 2.20 bits per heavy atom. The molecule has 5 nitrogen and oxygen atoms in total. The topological polar surface area (TPSA) is 65.2 Å². The second-order valence-electron chi connectivity index (χ2n) is 5.12. The van der Waals surface area contributed by atoms with Crippen LogP contribution in [0.5, 0.6) is 0 Å². The van der Waals surface area contributed by atoms with Crippen molar-refractivity contribution in [1.82, 2.24) is 15.2 Å². The number of H-pyrrole nitrogens is 1. The van der Waals surface area contributed by atoms with Crippen LogP contribution < -0.4 is 5.32 Å². The Hall–Kier alpha value is -2.14. The highest BCUT2D eigenvalue weighted by molar-refractivity contribution is 6.00. The molecule has 104 valence electrons. The van der Waals surface area contributed by atoms with Crippen LogP contribution in [0.1, 0.15) is 18.4 Å². The summed E-state index contributed by atoms with van der Waals surface area (Å²) in [5.74, 6) is -0.233. The van der Waals surface area contributed by atoms with Crippen molar-refractivity contribution in [3.8, 4) is 0 Å². The van der Waals surface area contributed by atoms with E-state index in [-0.39, 0.29) is 17.9 Å². The van der Waals surface area contributed by atoms with E-state index in [1.54, 1.807) is 7.05 Å². The summed E-state index contributed by atoms with van der Waals surface area (Å²) in [6.45, 7) is 0.619. The van der Waals surface area contributed by atoms with E-state index in [1.165, 1.54) is 4.90 Å². The van der Waals surface area contributed by atoms with E-state index in [2.05, 4.69) is 10.3 Å². The van der Waals surface area contributed by atoms with E-state index in [0.29, 0.717) is 19.4 Å². The van der Waals surface area contributed by atoms with Gasteiger partial charge in [0.2, 0.25) is 11.8 Å². The molecule has 1 aliphatic heterocycles. The highest BCUT2D eigenvalue weighted by Crippen LogP contribution is 2.18. The number of benzene rings is 1. The smallest absolute Gasteiger partial charge is 0.246 e. The number of rotatable bonds is 3. The van der Waals surface area contributed by atoms with E-state index >= 15 is 0 Å². The molecule has 2 N–H and O–H groups in total. The highest BCUT2D eigenvalue weighted by Gasteiger charge is 2.31. The van der Waals surface area contributed by atoms with Crippen molar-refractivity contribution in [2.24, 2.45) is 0 Å². The van der Waals surface area contributed by atoms with Gasteiger partial charge in [0, 0.05) is 37.1 Å². The summed E-state index contributed by atoms with van der Waals surface area (Å²) >= 11 is 0. The zero-order chi connectivity index (χ0) is 14.1. The molecule has 0 saturated carbocycles. The Kier molecular flexibility index (Phi) is 3.28. The Bertz CT molecular complexity index is 662. The fourth-order valence-corrected chi connectivity index (χ4v) is 2.64. The number of likely N-dealkylation sites (N-methyl/N-ethyl adjacent to an activating group) is 1. The molecular weight excluding hydrogens is 254 g/mol. The van der Waals surface area contributed by atoms with Crippen LogP contribution >= 0.6 is 0 Å². The van der Waals surface area contributed by atoms with Crippen molar-refractivity contribution in [3.05, 3.63) is 36.0 Å². The number of carbonyl (C=O) groups excluding carboxylic acids is 2. The van der Waals surface area contributed by atoms with Gasteiger partial charge < -0.3 is 10.3 Å². The van der Waals surface area contributed by atoms with Crippen LogP contribution in [0.4, 0.5) is 0 Å². The average molecular weight is 271 g/mol. The highest BCUT2D eigenvalue weighted by atomic mass is 16.2. The molecule has 0 radical (unpaired) electrons. The monoisotopic (exact) mass is 271 g/mol. The number of hydrogen-bond donors (Lipinski definition) is 2. The first-order chi connectivity index (χ1) is 9.66. The Morgan fingerprint density at radius 1 is 1.35 bits per heavy atom. The van der Waals surface area contributed by atoms with Gasteiger partial charge in [0.15, 0.2) is 0 Å². The van der Waals surface area contributed by atoms with Gasteiger partial charge >= 0.3 is 0 Å². The first kappa shape index (κ1) is 12.9. The van der Waals surface area contributed by atoms with Crippen molar-refractivity contribution in [2.45, 2.75) is 25.4 Å². The summed E-state index contributed by atoms with van der Waals surface area (Å²) in [7, 11) is 1.55. The number of piperidine rings is 1. The summed E-state index contributed by atoms with van der Waals surface area (Å²) < 4.78 is 0. The number of carbonyl (C=O) groups is 2. The maximum absolute atomic E-state index is 12.0. The molecule has 1 unspecified atom stereocenters. The molecule has 20 heavy (non-hydrogen) atoms. The normalized spacial score (nSPS) is 19.9. The lowest BCUT2D eigenvalue weighted by Gasteiger charge is -2.28. The lowest BCUT2D eigenvalue weighted by atomic mass is 10.0. The lowest BCUT2D eigenvalue weighted by molar-refractivity contribution is -0.148. The average Bonchev–Trinajstić information content (AvgIpc) is 2.93. The van der Waals surface area contributed by atoms with E-state index in [9.17, 15) is 9.59 Å². The molecule has 1 atom stereocenters. The summed E-state index contributed by atoms with van der Waals surface area (Å²) in [5.41, 5.74) is 2.24. The van der Waals surface area contributed by atoms with E-state index in [4.69, 9.17) is 0 Å². The summed E-state index contributed by atoms with van der Waals surface area (Å²) in [6.07, 6.45) is 2.91. The number of hydrogen-bond acceptors (Lipinski definition) is 3. The van der Waals surface area contributed by atoms with Crippen LogP contribution in [-0.2, 0) is 16.1 Å². The molecule has 1 aliphatic rings. The molecule has 0 aliphatic carbocycles. The quantitative estimate of drug-likeness (QED) is 0.829. The molecule has 1 aromatic heterocycles. The Balaban J connectivity index is 1.72. The molecule has 0 spiro atoms. The summed E-state index contributed by atoms with van der Waals surface area (Å²) in [5, 5.41) is 4.42. The molecule has 3 rings (SSSR count). The van der Waals surface area contributed by atoms with Crippen molar-refractivity contribution >= 4 is 22.7 Å². The van der Waals surface area contributed by atoms with Crippen LogP contribution in [0, 0.1) is 0 Å². The third-order valence-electron chi connectivity index (χ3n) is 3.87. The van der Waals surface area contributed by atoms with Gasteiger partial charge in [-0.3, -0.25) is 14.5 Å². The third kappa shape index (κ3) is 2.20. The summed E-state index contributed by atoms with van der Waals surface area (Å²) in [6, 6.07) is 7.83. The van der Waals surface area contributed by atoms with E-state index < -0.39 is 0 Å². The van der Waals surface area contributed by atoms with Crippen LogP contribution in [0.2, 0.25) is 0 Å². The maximum Gasteiger partial charge on any atom is 0.246 e. The SMILES string of the molecule is CN1C(=O)CCC(NCc2cccc3[nH]ccc23)C1=O. The predicted molar refractivity (Wildman–Crippen MR) is 75.9 cm³/mol. The molecule has 0 bridgehead atoms. The number of fused-ring (bicyclic) bond motifs is 1. The number of amides is 2. The molecule has 1 aromatic carbocycles. The summed E-state index contributed by atoms with van der Waals surface area (Å²) in [4.78, 5) is 27.8. The molecule has 2 aromatic rings. The van der Waals surface area contributed by atoms with Gasteiger partial charge in [0.05, 0.1) is 6.04 Å². The molecule has 1 saturated heterocycles. The second-order valence-corrected chi connectivity index (χ2v) is 5.12. The van der Waals surface area contributed by atoms with Gasteiger partial charge in [0.25, 0.3) is 0 Å². The minimum Gasteiger partial charge on any atom is -0.361 e.